The number of hydrogen-bond acceptors (Lipinski definition) is 4. The zero-order chi connectivity index (χ0) is 19.1. The van der Waals surface area contributed by atoms with Gasteiger partial charge in [0.25, 0.3) is 0 Å². The van der Waals surface area contributed by atoms with Gasteiger partial charge in [-0.1, -0.05) is 37.3 Å². The summed E-state index contributed by atoms with van der Waals surface area (Å²) in [5.74, 6) is -0.633. The normalized spacial score (nSPS) is 10.5. The molecule has 26 heavy (non-hydrogen) atoms. The van der Waals surface area contributed by atoms with E-state index in [1.54, 1.807) is 19.9 Å². The Morgan fingerprint density at radius 3 is 2.42 bits per heavy atom. The molecule has 0 saturated heterocycles. The van der Waals surface area contributed by atoms with Crippen LogP contribution in [-0.2, 0) is 17.8 Å². The first-order chi connectivity index (χ1) is 12.4. The van der Waals surface area contributed by atoms with Crippen LogP contribution in [0, 0.1) is 0 Å². The van der Waals surface area contributed by atoms with Crippen molar-refractivity contribution in [3.05, 3.63) is 59.2 Å². The highest BCUT2D eigenvalue weighted by atomic mass is 16.6. The number of carboxylic acid groups (broad SMARTS) is 1. The van der Waals surface area contributed by atoms with E-state index in [1.165, 1.54) is 6.07 Å². The first-order valence-electron chi connectivity index (χ1n) is 8.45. The van der Waals surface area contributed by atoms with E-state index in [0.29, 0.717) is 24.3 Å². The molecule has 2 rings (SSSR count). The number of nitrogens with one attached hydrogen (secondary N) is 1. The molecule has 0 spiro atoms. The minimum Gasteiger partial charge on any atom is -0.489 e. The molecular formula is C20H23NO5. The molecule has 0 saturated carbocycles. The van der Waals surface area contributed by atoms with Gasteiger partial charge in [0.05, 0.1) is 17.4 Å². The van der Waals surface area contributed by atoms with E-state index in [4.69, 9.17) is 9.47 Å². The molecule has 6 heteroatoms. The minimum absolute atomic E-state index is 0.0419. The topological polar surface area (TPSA) is 84.9 Å². The molecule has 1 amide bonds. The van der Waals surface area contributed by atoms with Crippen molar-refractivity contribution < 1.29 is 24.2 Å². The molecular weight excluding hydrogens is 334 g/mol. The van der Waals surface area contributed by atoms with Crippen LogP contribution >= 0.6 is 0 Å². The minimum atomic E-state index is -1.11. The highest BCUT2D eigenvalue weighted by Crippen LogP contribution is 2.28. The SMILES string of the molecule is CCc1cc(OCc2ccccc2)cc(NC(=O)OC(C)C)c1C(=O)O. The van der Waals surface area contributed by atoms with E-state index in [-0.39, 0.29) is 17.4 Å². The molecule has 6 nitrogen and oxygen atoms in total. The molecule has 0 aromatic heterocycles. The summed E-state index contributed by atoms with van der Waals surface area (Å²) < 4.78 is 10.8. The standard InChI is InChI=1S/C20H23NO5/c1-4-15-10-16(25-12-14-8-6-5-7-9-14)11-17(18(15)19(22)23)21-20(24)26-13(2)3/h5-11,13H,4,12H2,1-3H3,(H,21,24)(H,22,23). The highest BCUT2D eigenvalue weighted by Gasteiger charge is 2.19. The molecule has 2 N–H and O–H groups in total. The fourth-order valence-corrected chi connectivity index (χ4v) is 2.48. The summed E-state index contributed by atoms with van der Waals surface area (Å²) in [5.41, 5.74) is 1.76. The van der Waals surface area contributed by atoms with E-state index in [9.17, 15) is 14.7 Å². The monoisotopic (exact) mass is 357 g/mol. The van der Waals surface area contributed by atoms with Crippen LogP contribution in [0.5, 0.6) is 5.75 Å². The maximum absolute atomic E-state index is 11.9. The quantitative estimate of drug-likeness (QED) is 0.763. The number of carbonyl (C=O) groups excluding carboxylic acids is 1. The van der Waals surface area contributed by atoms with Crippen LogP contribution < -0.4 is 10.1 Å². The summed E-state index contributed by atoms with van der Waals surface area (Å²) in [5, 5.41) is 12.1. The Hall–Kier alpha value is -3.02. The summed E-state index contributed by atoms with van der Waals surface area (Å²) in [7, 11) is 0. The lowest BCUT2D eigenvalue weighted by Gasteiger charge is -2.16. The Morgan fingerprint density at radius 2 is 1.85 bits per heavy atom. The summed E-state index contributed by atoms with van der Waals surface area (Å²) in [4.78, 5) is 23.6. The van der Waals surface area contributed by atoms with Crippen LogP contribution in [-0.4, -0.2) is 23.3 Å². The van der Waals surface area contributed by atoms with Gasteiger partial charge in [-0.3, -0.25) is 5.32 Å². The van der Waals surface area contributed by atoms with Gasteiger partial charge in [-0.25, -0.2) is 9.59 Å². The first kappa shape index (κ1) is 19.3. The van der Waals surface area contributed by atoms with Gasteiger partial charge in [0, 0.05) is 6.07 Å². The van der Waals surface area contributed by atoms with Crippen molar-refractivity contribution >= 4 is 17.7 Å². The predicted octanol–water partition coefficient (Wildman–Crippen LogP) is 4.48. The molecule has 0 radical (unpaired) electrons. The molecule has 0 fully saturated rings. The lowest BCUT2D eigenvalue weighted by molar-refractivity contribution is 0.0697. The van der Waals surface area contributed by atoms with Crippen molar-refractivity contribution in [3.8, 4) is 5.75 Å². The van der Waals surface area contributed by atoms with Crippen LogP contribution in [0.3, 0.4) is 0 Å². The number of aromatic carboxylic acids is 1. The number of rotatable bonds is 7. The maximum atomic E-state index is 11.9. The molecule has 138 valence electrons. The summed E-state index contributed by atoms with van der Waals surface area (Å²) in [6.07, 6.45) is -0.533. The van der Waals surface area contributed by atoms with Crippen molar-refractivity contribution in [1.29, 1.82) is 0 Å². The molecule has 0 aliphatic heterocycles. The molecule has 0 unspecified atom stereocenters. The van der Waals surface area contributed by atoms with E-state index in [0.717, 1.165) is 5.56 Å². The maximum Gasteiger partial charge on any atom is 0.411 e. The number of carbonyl (C=O) groups is 2. The number of benzene rings is 2. The number of ether oxygens (including phenoxy) is 2. The van der Waals surface area contributed by atoms with Crippen molar-refractivity contribution in [1.82, 2.24) is 0 Å². The molecule has 0 heterocycles. The second-order valence-corrected chi connectivity index (χ2v) is 6.02. The fraction of sp³-hybridized carbons (Fsp3) is 0.300. The zero-order valence-electron chi connectivity index (χ0n) is 15.1. The third-order valence-corrected chi connectivity index (χ3v) is 3.62. The van der Waals surface area contributed by atoms with E-state index < -0.39 is 12.1 Å². The predicted molar refractivity (Wildman–Crippen MR) is 98.8 cm³/mol. The lowest BCUT2D eigenvalue weighted by atomic mass is 10.0. The molecule has 2 aromatic rings. The molecule has 2 aromatic carbocycles. The first-order valence-corrected chi connectivity index (χ1v) is 8.45. The summed E-state index contributed by atoms with van der Waals surface area (Å²) in [6, 6.07) is 12.8. The van der Waals surface area contributed by atoms with Gasteiger partial charge in [-0.15, -0.1) is 0 Å². The molecule has 0 aliphatic carbocycles. The second-order valence-electron chi connectivity index (χ2n) is 6.02. The average molecular weight is 357 g/mol. The van der Waals surface area contributed by atoms with E-state index in [2.05, 4.69) is 5.32 Å². The lowest BCUT2D eigenvalue weighted by Crippen LogP contribution is -2.20. The Morgan fingerprint density at radius 1 is 1.15 bits per heavy atom. The van der Waals surface area contributed by atoms with Crippen molar-refractivity contribution in [3.63, 3.8) is 0 Å². The number of anilines is 1. The highest BCUT2D eigenvalue weighted by molar-refractivity contribution is 6.00. The zero-order valence-corrected chi connectivity index (χ0v) is 15.1. The van der Waals surface area contributed by atoms with Crippen LogP contribution in [0.1, 0.15) is 42.3 Å². The van der Waals surface area contributed by atoms with Gasteiger partial charge in [-0.05, 0) is 37.5 Å². The molecule has 0 atom stereocenters. The Kier molecular flexibility index (Phi) is 6.60. The Balaban J connectivity index is 2.30. The largest absolute Gasteiger partial charge is 0.489 e. The van der Waals surface area contributed by atoms with Crippen LogP contribution in [0.25, 0.3) is 0 Å². The van der Waals surface area contributed by atoms with Crippen molar-refractivity contribution in [2.24, 2.45) is 0 Å². The van der Waals surface area contributed by atoms with Gasteiger partial charge in [0.15, 0.2) is 0 Å². The smallest absolute Gasteiger partial charge is 0.411 e. The van der Waals surface area contributed by atoms with Crippen LogP contribution in [0.4, 0.5) is 10.5 Å². The van der Waals surface area contributed by atoms with Gasteiger partial charge in [0.2, 0.25) is 0 Å². The summed E-state index contributed by atoms with van der Waals surface area (Å²) in [6.45, 7) is 5.62. The molecule has 0 bridgehead atoms. The number of amides is 1. The van der Waals surface area contributed by atoms with Crippen molar-refractivity contribution in [2.75, 3.05) is 5.32 Å². The van der Waals surface area contributed by atoms with E-state index >= 15 is 0 Å². The van der Waals surface area contributed by atoms with Crippen LogP contribution in [0.2, 0.25) is 0 Å². The van der Waals surface area contributed by atoms with E-state index in [1.807, 2.05) is 37.3 Å². The summed E-state index contributed by atoms with van der Waals surface area (Å²) >= 11 is 0. The number of aryl methyl sites for hydroxylation is 1. The van der Waals surface area contributed by atoms with Crippen LogP contribution in [0.15, 0.2) is 42.5 Å². The fourth-order valence-electron chi connectivity index (χ4n) is 2.48. The van der Waals surface area contributed by atoms with Gasteiger partial charge < -0.3 is 14.6 Å². The number of hydrogen-bond donors (Lipinski definition) is 2. The Bertz CT molecular complexity index is 771. The van der Waals surface area contributed by atoms with Gasteiger partial charge in [0.1, 0.15) is 12.4 Å². The van der Waals surface area contributed by atoms with Gasteiger partial charge in [-0.2, -0.15) is 0 Å². The third-order valence-electron chi connectivity index (χ3n) is 3.62. The second kappa shape index (κ2) is 8.89. The molecule has 0 aliphatic rings. The average Bonchev–Trinajstić information content (AvgIpc) is 2.59. The van der Waals surface area contributed by atoms with Gasteiger partial charge >= 0.3 is 12.1 Å². The Labute approximate surface area is 152 Å². The number of carboxylic acids is 1. The van der Waals surface area contributed by atoms with Crippen molar-refractivity contribution in [2.45, 2.75) is 39.9 Å². The third kappa shape index (κ3) is 5.24.